The van der Waals surface area contributed by atoms with Crippen molar-refractivity contribution in [2.75, 3.05) is 6.61 Å². The van der Waals surface area contributed by atoms with Gasteiger partial charge < -0.3 is 10.1 Å². The highest BCUT2D eigenvalue weighted by Crippen LogP contribution is 2.43. The van der Waals surface area contributed by atoms with Crippen molar-refractivity contribution in [3.05, 3.63) is 17.5 Å². The number of hydrogen-bond acceptors (Lipinski definition) is 3. The van der Waals surface area contributed by atoms with E-state index in [0.717, 1.165) is 18.7 Å². The quantitative estimate of drug-likeness (QED) is 0.889. The third-order valence-electron chi connectivity index (χ3n) is 4.51. The fraction of sp³-hybridized carbons (Fsp3) is 0.800. The van der Waals surface area contributed by atoms with Crippen LogP contribution in [0.3, 0.4) is 0 Å². The molecule has 0 saturated heterocycles. The fourth-order valence-electron chi connectivity index (χ4n) is 3.09. The Bertz CT molecular complexity index is 439. The first-order valence-electron chi connectivity index (χ1n) is 7.24. The van der Waals surface area contributed by atoms with Gasteiger partial charge in [-0.25, -0.2) is 0 Å². The number of ether oxygens (including phenoxy) is 1. The van der Waals surface area contributed by atoms with Gasteiger partial charge >= 0.3 is 0 Å². The zero-order chi connectivity index (χ0) is 14.2. The van der Waals surface area contributed by atoms with Crippen LogP contribution in [0.25, 0.3) is 0 Å². The van der Waals surface area contributed by atoms with E-state index < -0.39 is 0 Å². The van der Waals surface area contributed by atoms with Crippen LogP contribution in [0.5, 0.6) is 0 Å². The summed E-state index contributed by atoms with van der Waals surface area (Å²) >= 11 is 0. The Morgan fingerprint density at radius 3 is 2.74 bits per heavy atom. The summed E-state index contributed by atoms with van der Waals surface area (Å²) in [4.78, 5) is 0. The summed E-state index contributed by atoms with van der Waals surface area (Å²) in [6.07, 6.45) is 3.60. The predicted octanol–water partition coefficient (Wildman–Crippen LogP) is 2.58. The normalized spacial score (nSPS) is 27.1. The summed E-state index contributed by atoms with van der Waals surface area (Å²) in [5, 5.41) is 8.15. The van der Waals surface area contributed by atoms with E-state index in [-0.39, 0.29) is 5.41 Å². The van der Waals surface area contributed by atoms with Gasteiger partial charge in [0.15, 0.2) is 0 Å². The maximum Gasteiger partial charge on any atom is 0.0655 e. The summed E-state index contributed by atoms with van der Waals surface area (Å²) in [5.41, 5.74) is 2.61. The average Bonchev–Trinajstić information content (AvgIpc) is 2.67. The largest absolute Gasteiger partial charge is 0.378 e. The summed E-state index contributed by atoms with van der Waals surface area (Å²) < 4.78 is 7.67. The van der Waals surface area contributed by atoms with Gasteiger partial charge in [-0.05, 0) is 27.2 Å². The number of hydrogen-bond donors (Lipinski definition) is 1. The molecular formula is C15H27N3O. The van der Waals surface area contributed by atoms with Crippen molar-refractivity contribution in [1.29, 1.82) is 0 Å². The molecule has 1 aliphatic carbocycles. The topological polar surface area (TPSA) is 39.1 Å². The Labute approximate surface area is 116 Å². The molecule has 1 N–H and O–H groups in total. The summed E-state index contributed by atoms with van der Waals surface area (Å²) in [6.45, 7) is 11.7. The molecule has 19 heavy (non-hydrogen) atoms. The highest BCUT2D eigenvalue weighted by Gasteiger charge is 2.49. The van der Waals surface area contributed by atoms with Gasteiger partial charge in [-0.15, -0.1) is 0 Å². The molecule has 1 aromatic heterocycles. The molecule has 1 fully saturated rings. The maximum absolute atomic E-state index is 5.78. The van der Waals surface area contributed by atoms with Gasteiger partial charge in [-0.3, -0.25) is 4.68 Å². The molecule has 108 valence electrons. The molecule has 4 nitrogen and oxygen atoms in total. The smallest absolute Gasteiger partial charge is 0.0655 e. The molecule has 1 saturated carbocycles. The average molecular weight is 265 g/mol. The lowest BCUT2D eigenvalue weighted by atomic mass is 9.64. The molecule has 0 aliphatic heterocycles. The molecule has 0 spiro atoms. The minimum Gasteiger partial charge on any atom is -0.378 e. The van der Waals surface area contributed by atoms with Crippen molar-refractivity contribution in [2.24, 2.45) is 12.5 Å². The molecule has 0 aromatic carbocycles. The highest BCUT2D eigenvalue weighted by atomic mass is 16.5. The Balaban J connectivity index is 1.97. The summed E-state index contributed by atoms with van der Waals surface area (Å²) in [6, 6.07) is 0.846. The van der Waals surface area contributed by atoms with E-state index in [1.54, 1.807) is 0 Å². The minimum absolute atomic E-state index is 0.209. The Hall–Kier alpha value is -0.870. The number of nitrogens with zero attached hydrogens (tertiary/aromatic N) is 2. The van der Waals surface area contributed by atoms with Crippen molar-refractivity contribution in [3.8, 4) is 0 Å². The molecule has 1 heterocycles. The van der Waals surface area contributed by atoms with Crippen molar-refractivity contribution in [2.45, 2.75) is 59.2 Å². The van der Waals surface area contributed by atoms with Crippen LogP contribution in [0, 0.1) is 12.3 Å². The van der Waals surface area contributed by atoms with Crippen molar-refractivity contribution in [1.82, 2.24) is 15.1 Å². The van der Waals surface area contributed by atoms with Crippen molar-refractivity contribution in [3.63, 3.8) is 0 Å². The Morgan fingerprint density at radius 2 is 2.26 bits per heavy atom. The number of nitrogens with one attached hydrogen (secondary N) is 1. The monoisotopic (exact) mass is 265 g/mol. The lowest BCUT2D eigenvalue weighted by Crippen LogP contribution is -2.61. The summed E-state index contributed by atoms with van der Waals surface area (Å²) in [7, 11) is 1.97. The lowest BCUT2D eigenvalue weighted by molar-refractivity contribution is -0.116. The minimum atomic E-state index is 0.209. The fourth-order valence-corrected chi connectivity index (χ4v) is 3.09. The Kier molecular flexibility index (Phi) is 4.02. The SMILES string of the molecule is CCOC1CC(NC(C)c2cn(C)nc2C)C1(C)C. The number of rotatable bonds is 5. The first-order valence-corrected chi connectivity index (χ1v) is 7.24. The van der Waals surface area contributed by atoms with Gasteiger partial charge in [0.1, 0.15) is 0 Å². The van der Waals surface area contributed by atoms with Crippen LogP contribution in [0.15, 0.2) is 6.20 Å². The molecule has 4 heteroatoms. The maximum atomic E-state index is 5.78. The van der Waals surface area contributed by atoms with Crippen molar-refractivity contribution < 1.29 is 4.74 Å². The lowest BCUT2D eigenvalue weighted by Gasteiger charge is -2.52. The van der Waals surface area contributed by atoms with Gasteiger partial charge in [-0.1, -0.05) is 13.8 Å². The third kappa shape index (κ3) is 2.70. The first kappa shape index (κ1) is 14.5. The molecule has 0 radical (unpaired) electrons. The summed E-state index contributed by atoms with van der Waals surface area (Å²) in [5.74, 6) is 0. The van der Waals surface area contributed by atoms with Gasteiger partial charge in [0.05, 0.1) is 11.8 Å². The predicted molar refractivity (Wildman–Crippen MR) is 77.1 cm³/mol. The highest BCUT2D eigenvalue weighted by molar-refractivity contribution is 5.20. The van der Waals surface area contributed by atoms with Crippen LogP contribution in [0.1, 0.15) is 51.4 Å². The first-order chi connectivity index (χ1) is 8.86. The second kappa shape index (κ2) is 5.25. The molecule has 0 bridgehead atoms. The van der Waals surface area contributed by atoms with Gasteiger partial charge in [0.25, 0.3) is 0 Å². The van der Waals surface area contributed by atoms with Gasteiger partial charge in [0.2, 0.25) is 0 Å². The van der Waals surface area contributed by atoms with Crippen LogP contribution >= 0.6 is 0 Å². The number of aryl methyl sites for hydroxylation is 2. The van der Waals surface area contributed by atoms with E-state index >= 15 is 0 Å². The molecule has 2 rings (SSSR count). The van der Waals surface area contributed by atoms with E-state index in [4.69, 9.17) is 4.74 Å². The van der Waals surface area contributed by atoms with Crippen molar-refractivity contribution >= 4 is 0 Å². The van der Waals surface area contributed by atoms with Crippen LogP contribution in [-0.2, 0) is 11.8 Å². The van der Waals surface area contributed by atoms with E-state index in [1.807, 2.05) is 11.7 Å². The van der Waals surface area contributed by atoms with Crippen LogP contribution < -0.4 is 5.32 Å². The molecule has 3 atom stereocenters. The van der Waals surface area contributed by atoms with Crippen LogP contribution in [0.4, 0.5) is 0 Å². The standard InChI is InChI=1S/C15H27N3O/c1-7-19-14-8-13(15(14,4)5)16-10(2)12-9-18(6)17-11(12)3/h9-10,13-14,16H,7-8H2,1-6H3. The zero-order valence-corrected chi connectivity index (χ0v) is 13.0. The zero-order valence-electron chi connectivity index (χ0n) is 13.0. The van der Waals surface area contributed by atoms with E-state index in [9.17, 15) is 0 Å². The third-order valence-corrected chi connectivity index (χ3v) is 4.51. The van der Waals surface area contributed by atoms with E-state index in [2.05, 4.69) is 51.2 Å². The second-order valence-electron chi connectivity index (χ2n) is 6.29. The second-order valence-corrected chi connectivity index (χ2v) is 6.29. The Morgan fingerprint density at radius 1 is 1.58 bits per heavy atom. The molecule has 0 amide bonds. The molecular weight excluding hydrogens is 238 g/mol. The van der Waals surface area contributed by atoms with E-state index in [0.29, 0.717) is 18.2 Å². The van der Waals surface area contributed by atoms with E-state index in [1.165, 1.54) is 5.56 Å². The van der Waals surface area contributed by atoms with Crippen LogP contribution in [-0.4, -0.2) is 28.5 Å². The molecule has 3 unspecified atom stereocenters. The van der Waals surface area contributed by atoms with Crippen LogP contribution in [0.2, 0.25) is 0 Å². The molecule has 1 aromatic rings. The van der Waals surface area contributed by atoms with Gasteiger partial charge in [-0.2, -0.15) is 5.10 Å². The number of aromatic nitrogens is 2. The van der Waals surface area contributed by atoms with Gasteiger partial charge in [0, 0.05) is 42.9 Å². The molecule has 1 aliphatic rings.